The van der Waals surface area contributed by atoms with E-state index in [-0.39, 0.29) is 5.16 Å². The van der Waals surface area contributed by atoms with Gasteiger partial charge in [-0.3, -0.25) is 9.36 Å². The van der Waals surface area contributed by atoms with Crippen LogP contribution in [0, 0.1) is 13.8 Å². The summed E-state index contributed by atoms with van der Waals surface area (Å²) in [5.74, 6) is -0.500. The lowest BCUT2D eigenvalue weighted by molar-refractivity contribution is -0.127. The third-order valence-corrected chi connectivity index (χ3v) is 5.56. The Labute approximate surface area is 135 Å². The molecule has 8 heteroatoms. The first-order chi connectivity index (χ1) is 10.7. The van der Waals surface area contributed by atoms with Crippen LogP contribution in [0.25, 0.3) is 5.69 Å². The number of rotatable bonds is 4. The second kappa shape index (κ2) is 6.11. The molecule has 1 amide bonds. The molecule has 0 saturated carbocycles. The fourth-order valence-electron chi connectivity index (χ4n) is 2.31. The number of hydrogen-bond donors (Lipinski definition) is 0. The summed E-state index contributed by atoms with van der Waals surface area (Å²) in [5, 5.41) is 6.01. The van der Waals surface area contributed by atoms with E-state index < -0.39 is 21.0 Å². The van der Waals surface area contributed by atoms with E-state index in [0.717, 1.165) is 11.1 Å². The van der Waals surface area contributed by atoms with Gasteiger partial charge in [0.15, 0.2) is 0 Å². The number of aryl methyl sites for hydroxylation is 2. The van der Waals surface area contributed by atoms with Gasteiger partial charge in [0, 0.05) is 14.1 Å². The predicted molar refractivity (Wildman–Crippen MR) is 86.2 cm³/mol. The molecule has 1 unspecified atom stereocenters. The summed E-state index contributed by atoms with van der Waals surface area (Å²) in [6, 6.07) is 5.64. The minimum absolute atomic E-state index is 0.229. The van der Waals surface area contributed by atoms with Crippen LogP contribution in [-0.4, -0.2) is 53.3 Å². The van der Waals surface area contributed by atoms with Crippen LogP contribution in [0.1, 0.15) is 18.1 Å². The molecule has 124 valence electrons. The molecule has 2 rings (SSSR count). The lowest BCUT2D eigenvalue weighted by atomic mass is 10.1. The molecule has 0 N–H and O–H groups in total. The molecular weight excluding hydrogens is 316 g/mol. The molecule has 1 aromatic carbocycles. The topological polar surface area (TPSA) is 85.2 Å². The molecule has 0 bridgehead atoms. The molecule has 0 aliphatic rings. The van der Waals surface area contributed by atoms with Crippen LogP contribution >= 0.6 is 0 Å². The average molecular weight is 336 g/mol. The maximum Gasteiger partial charge on any atom is 0.254 e. The molecular formula is C15H20N4O3S. The molecule has 7 nitrogen and oxygen atoms in total. The zero-order valence-electron chi connectivity index (χ0n) is 13.8. The fourth-order valence-corrected chi connectivity index (χ4v) is 3.69. The normalized spacial score (nSPS) is 12.9. The molecule has 1 atom stereocenters. The van der Waals surface area contributed by atoms with Crippen molar-refractivity contribution in [3.63, 3.8) is 0 Å². The maximum atomic E-state index is 12.7. The van der Waals surface area contributed by atoms with Crippen molar-refractivity contribution in [2.75, 3.05) is 14.1 Å². The van der Waals surface area contributed by atoms with Crippen LogP contribution in [-0.2, 0) is 14.6 Å². The number of carbonyl (C=O) groups is 1. The summed E-state index contributed by atoms with van der Waals surface area (Å²) in [6.45, 7) is 5.20. The van der Waals surface area contributed by atoms with Gasteiger partial charge < -0.3 is 4.90 Å². The Morgan fingerprint density at radius 3 is 2.48 bits per heavy atom. The number of nitrogens with zero attached hydrogens (tertiary/aromatic N) is 4. The quantitative estimate of drug-likeness (QED) is 0.836. The fraction of sp³-hybridized carbons (Fsp3) is 0.400. The van der Waals surface area contributed by atoms with Gasteiger partial charge >= 0.3 is 0 Å². The van der Waals surface area contributed by atoms with Crippen LogP contribution in [0.3, 0.4) is 0 Å². The molecule has 0 aliphatic carbocycles. The highest BCUT2D eigenvalue weighted by Gasteiger charge is 2.35. The third-order valence-electron chi connectivity index (χ3n) is 3.64. The molecule has 0 spiro atoms. The largest absolute Gasteiger partial charge is 0.348 e. The van der Waals surface area contributed by atoms with Gasteiger partial charge in [-0.05, 0) is 32.4 Å². The van der Waals surface area contributed by atoms with Crippen molar-refractivity contribution in [3.05, 3.63) is 35.7 Å². The van der Waals surface area contributed by atoms with Crippen molar-refractivity contribution < 1.29 is 13.2 Å². The van der Waals surface area contributed by atoms with Crippen molar-refractivity contribution in [3.8, 4) is 5.69 Å². The monoisotopic (exact) mass is 336 g/mol. The van der Waals surface area contributed by atoms with Crippen LogP contribution in [0.2, 0.25) is 0 Å². The molecule has 0 aliphatic heterocycles. The van der Waals surface area contributed by atoms with E-state index in [1.54, 1.807) is 0 Å². The summed E-state index contributed by atoms with van der Waals surface area (Å²) >= 11 is 0. The molecule has 23 heavy (non-hydrogen) atoms. The Balaban J connectivity index is 2.55. The van der Waals surface area contributed by atoms with Gasteiger partial charge in [-0.25, -0.2) is 8.42 Å². The summed E-state index contributed by atoms with van der Waals surface area (Å²) < 4.78 is 26.9. The number of sulfone groups is 1. The molecule has 1 heterocycles. The zero-order valence-corrected chi connectivity index (χ0v) is 14.6. The van der Waals surface area contributed by atoms with Crippen molar-refractivity contribution in [1.82, 2.24) is 19.7 Å². The summed E-state index contributed by atoms with van der Waals surface area (Å²) in [7, 11) is -0.913. The predicted octanol–water partition coefficient (Wildman–Crippen LogP) is 1.13. The van der Waals surface area contributed by atoms with Crippen LogP contribution in [0.15, 0.2) is 29.7 Å². The maximum absolute atomic E-state index is 12.7. The first-order valence-corrected chi connectivity index (χ1v) is 8.63. The van der Waals surface area contributed by atoms with Gasteiger partial charge in [0.1, 0.15) is 11.6 Å². The van der Waals surface area contributed by atoms with Gasteiger partial charge in [0.2, 0.25) is 15.7 Å². The Hall–Kier alpha value is -2.22. The molecule has 0 saturated heterocycles. The zero-order chi connectivity index (χ0) is 17.4. The number of carbonyl (C=O) groups excluding carboxylic acids is 1. The van der Waals surface area contributed by atoms with Gasteiger partial charge in [-0.15, -0.1) is 10.2 Å². The lowest BCUT2D eigenvalue weighted by Gasteiger charge is -2.17. The first kappa shape index (κ1) is 17.1. The minimum atomic E-state index is -3.95. The number of aromatic nitrogens is 3. The summed E-state index contributed by atoms with van der Waals surface area (Å²) in [6.07, 6.45) is 1.34. The Kier molecular flexibility index (Phi) is 4.56. The second-order valence-corrected chi connectivity index (χ2v) is 7.86. The van der Waals surface area contributed by atoms with E-state index in [2.05, 4.69) is 10.2 Å². The van der Waals surface area contributed by atoms with E-state index in [1.165, 1.54) is 36.8 Å². The number of benzene rings is 1. The summed E-state index contributed by atoms with van der Waals surface area (Å²) in [5.41, 5.74) is 2.64. The molecule has 0 radical (unpaired) electrons. The van der Waals surface area contributed by atoms with E-state index in [9.17, 15) is 13.2 Å². The van der Waals surface area contributed by atoms with E-state index in [1.807, 2.05) is 32.0 Å². The highest BCUT2D eigenvalue weighted by molar-refractivity contribution is 7.92. The minimum Gasteiger partial charge on any atom is -0.348 e. The van der Waals surface area contributed by atoms with Crippen molar-refractivity contribution in [2.45, 2.75) is 31.2 Å². The SMILES string of the molecule is Cc1ccc(-n2cnnc2S(=O)(=O)C(C)C(=O)N(C)C)c(C)c1. The standard InChI is InChI=1S/C15H20N4O3S/c1-10-6-7-13(11(2)8-10)19-9-16-17-15(19)23(21,22)12(3)14(20)18(4)5/h6-9,12H,1-5H3. The van der Waals surface area contributed by atoms with E-state index in [4.69, 9.17) is 0 Å². The lowest BCUT2D eigenvalue weighted by Crippen LogP contribution is -2.38. The van der Waals surface area contributed by atoms with E-state index >= 15 is 0 Å². The van der Waals surface area contributed by atoms with Crippen molar-refractivity contribution in [1.29, 1.82) is 0 Å². The average Bonchev–Trinajstić information content (AvgIpc) is 2.95. The van der Waals surface area contributed by atoms with Crippen LogP contribution < -0.4 is 0 Å². The highest BCUT2D eigenvalue weighted by Crippen LogP contribution is 2.22. The Bertz CT molecular complexity index is 840. The first-order valence-electron chi connectivity index (χ1n) is 7.09. The van der Waals surface area contributed by atoms with Gasteiger partial charge in [-0.1, -0.05) is 17.7 Å². The molecule has 2 aromatic rings. The Morgan fingerprint density at radius 1 is 1.26 bits per heavy atom. The van der Waals surface area contributed by atoms with Crippen LogP contribution in [0.4, 0.5) is 0 Å². The van der Waals surface area contributed by atoms with Crippen LogP contribution in [0.5, 0.6) is 0 Å². The highest BCUT2D eigenvalue weighted by atomic mass is 32.2. The number of amides is 1. The third kappa shape index (κ3) is 3.12. The molecule has 1 aromatic heterocycles. The Morgan fingerprint density at radius 2 is 1.91 bits per heavy atom. The summed E-state index contributed by atoms with van der Waals surface area (Å²) in [4.78, 5) is 13.3. The number of hydrogen-bond acceptors (Lipinski definition) is 5. The van der Waals surface area contributed by atoms with Gasteiger partial charge in [0.25, 0.3) is 5.16 Å². The molecule has 0 fully saturated rings. The second-order valence-electron chi connectivity index (χ2n) is 5.69. The van der Waals surface area contributed by atoms with E-state index in [0.29, 0.717) is 5.69 Å². The van der Waals surface area contributed by atoms with Gasteiger partial charge in [0.05, 0.1) is 5.69 Å². The van der Waals surface area contributed by atoms with Gasteiger partial charge in [-0.2, -0.15) is 0 Å². The van der Waals surface area contributed by atoms with Crippen molar-refractivity contribution >= 4 is 15.7 Å². The smallest absolute Gasteiger partial charge is 0.254 e. The van der Waals surface area contributed by atoms with Crippen molar-refractivity contribution in [2.24, 2.45) is 0 Å².